The van der Waals surface area contributed by atoms with E-state index >= 15 is 0 Å². The Balaban J connectivity index is 1.86. The summed E-state index contributed by atoms with van der Waals surface area (Å²) >= 11 is 0. The number of hydrogen-bond acceptors (Lipinski definition) is 4. The maximum atomic E-state index is 5.21. The molecule has 0 radical (unpaired) electrons. The highest BCUT2D eigenvalue weighted by atomic mass is 16.5. The van der Waals surface area contributed by atoms with Crippen molar-refractivity contribution in [2.45, 2.75) is 39.7 Å². The van der Waals surface area contributed by atoms with E-state index in [2.05, 4.69) is 51.8 Å². The predicted molar refractivity (Wildman–Crippen MR) is 105 cm³/mol. The number of hydrogen-bond donors (Lipinski definition) is 2. The van der Waals surface area contributed by atoms with E-state index in [9.17, 15) is 0 Å². The Bertz CT molecular complexity index is 707. The number of benzene rings is 1. The first-order valence-corrected chi connectivity index (χ1v) is 9.06. The fraction of sp³-hybridized carbons (Fsp3) is 0.526. The van der Waals surface area contributed by atoms with Gasteiger partial charge in [0, 0.05) is 20.1 Å². The van der Waals surface area contributed by atoms with Gasteiger partial charge in [0.2, 0.25) is 0 Å². The van der Waals surface area contributed by atoms with E-state index in [4.69, 9.17) is 4.74 Å². The molecule has 7 heteroatoms. The molecule has 0 aliphatic heterocycles. The maximum absolute atomic E-state index is 5.21. The molecule has 0 amide bonds. The van der Waals surface area contributed by atoms with Crippen molar-refractivity contribution in [2.75, 3.05) is 20.2 Å². The Kier molecular flexibility index (Phi) is 7.44. The monoisotopic (exact) mass is 358 g/mol. The standard InChI is InChI=1S/C19H30N6O/c1-6-20-19(22-13-18-24-23-15(3)25(18)4)21-12-11-14(2)16-7-9-17(26-5)10-8-16/h7-10,14H,6,11-13H2,1-5H3,(H2,20,21,22). The average Bonchev–Trinajstić information content (AvgIpc) is 2.98. The number of methoxy groups -OCH3 is 1. The topological polar surface area (TPSA) is 76.4 Å². The van der Waals surface area contributed by atoms with Crippen molar-refractivity contribution in [3.8, 4) is 5.75 Å². The van der Waals surface area contributed by atoms with Gasteiger partial charge in [-0.05, 0) is 43.9 Å². The number of nitrogens with one attached hydrogen (secondary N) is 2. The molecule has 0 fully saturated rings. The molecule has 0 aliphatic rings. The highest BCUT2D eigenvalue weighted by molar-refractivity contribution is 5.79. The predicted octanol–water partition coefficient (Wildman–Crippen LogP) is 2.38. The third kappa shape index (κ3) is 5.47. The summed E-state index contributed by atoms with van der Waals surface area (Å²) in [7, 11) is 3.64. The number of guanidine groups is 1. The highest BCUT2D eigenvalue weighted by Crippen LogP contribution is 2.21. The van der Waals surface area contributed by atoms with Gasteiger partial charge in [-0.15, -0.1) is 10.2 Å². The van der Waals surface area contributed by atoms with Crippen molar-refractivity contribution in [3.63, 3.8) is 0 Å². The van der Waals surface area contributed by atoms with Gasteiger partial charge in [-0.3, -0.25) is 0 Å². The van der Waals surface area contributed by atoms with Crippen LogP contribution in [0, 0.1) is 6.92 Å². The molecule has 0 bridgehead atoms. The van der Waals surface area contributed by atoms with E-state index in [-0.39, 0.29) is 0 Å². The van der Waals surface area contributed by atoms with Crippen molar-refractivity contribution < 1.29 is 4.74 Å². The summed E-state index contributed by atoms with van der Waals surface area (Å²) in [5.74, 6) is 3.89. The molecule has 0 saturated carbocycles. The second-order valence-electron chi connectivity index (χ2n) is 6.31. The summed E-state index contributed by atoms with van der Waals surface area (Å²) in [5.41, 5.74) is 1.31. The largest absolute Gasteiger partial charge is 0.497 e. The van der Waals surface area contributed by atoms with Gasteiger partial charge in [0.25, 0.3) is 0 Å². The molecule has 2 aromatic rings. The zero-order chi connectivity index (χ0) is 18.9. The molecular formula is C19H30N6O. The van der Waals surface area contributed by atoms with Crippen LogP contribution in [0.1, 0.15) is 43.4 Å². The van der Waals surface area contributed by atoms with Crippen molar-refractivity contribution >= 4 is 5.96 Å². The summed E-state index contributed by atoms with van der Waals surface area (Å²) < 4.78 is 7.17. The number of aromatic nitrogens is 3. The second-order valence-corrected chi connectivity index (χ2v) is 6.31. The zero-order valence-electron chi connectivity index (χ0n) is 16.4. The van der Waals surface area contributed by atoms with Crippen LogP contribution in [0.3, 0.4) is 0 Å². The van der Waals surface area contributed by atoms with E-state index in [1.807, 2.05) is 30.7 Å². The molecular weight excluding hydrogens is 328 g/mol. The number of ether oxygens (including phenoxy) is 1. The van der Waals surface area contributed by atoms with Crippen LogP contribution in [0.25, 0.3) is 0 Å². The summed E-state index contributed by atoms with van der Waals surface area (Å²) in [4.78, 5) is 4.60. The SMILES string of the molecule is CCNC(=NCc1nnc(C)n1C)NCCC(C)c1ccc(OC)cc1. The Morgan fingerprint density at radius 1 is 1.23 bits per heavy atom. The lowest BCUT2D eigenvalue weighted by atomic mass is 9.98. The van der Waals surface area contributed by atoms with Crippen LogP contribution in [0.4, 0.5) is 0 Å². The first kappa shape index (κ1) is 19.8. The summed E-state index contributed by atoms with van der Waals surface area (Å²) in [6.07, 6.45) is 1.01. The van der Waals surface area contributed by atoms with Crippen LogP contribution in [-0.4, -0.2) is 40.9 Å². The number of rotatable bonds is 8. The first-order valence-electron chi connectivity index (χ1n) is 9.06. The molecule has 2 N–H and O–H groups in total. The lowest BCUT2D eigenvalue weighted by Gasteiger charge is -2.15. The minimum absolute atomic E-state index is 0.456. The lowest BCUT2D eigenvalue weighted by Crippen LogP contribution is -2.38. The van der Waals surface area contributed by atoms with E-state index < -0.39 is 0 Å². The molecule has 0 saturated heterocycles. The van der Waals surface area contributed by atoms with Gasteiger partial charge in [-0.1, -0.05) is 19.1 Å². The first-order chi connectivity index (χ1) is 12.5. The Labute approximate surface area is 155 Å². The number of nitrogens with zero attached hydrogens (tertiary/aromatic N) is 4. The van der Waals surface area contributed by atoms with Crippen LogP contribution >= 0.6 is 0 Å². The Morgan fingerprint density at radius 2 is 1.96 bits per heavy atom. The maximum Gasteiger partial charge on any atom is 0.191 e. The minimum Gasteiger partial charge on any atom is -0.497 e. The number of aliphatic imine (C=N–C) groups is 1. The molecule has 1 aromatic carbocycles. The zero-order valence-corrected chi connectivity index (χ0v) is 16.4. The van der Waals surface area contributed by atoms with Gasteiger partial charge in [0.15, 0.2) is 11.8 Å². The smallest absolute Gasteiger partial charge is 0.191 e. The van der Waals surface area contributed by atoms with Crippen molar-refractivity contribution in [1.82, 2.24) is 25.4 Å². The fourth-order valence-corrected chi connectivity index (χ4v) is 2.59. The van der Waals surface area contributed by atoms with E-state index in [1.54, 1.807) is 7.11 Å². The van der Waals surface area contributed by atoms with E-state index in [1.165, 1.54) is 5.56 Å². The van der Waals surface area contributed by atoms with Crippen LogP contribution in [0.15, 0.2) is 29.3 Å². The van der Waals surface area contributed by atoms with E-state index in [0.717, 1.165) is 42.9 Å². The lowest BCUT2D eigenvalue weighted by molar-refractivity contribution is 0.414. The van der Waals surface area contributed by atoms with Crippen molar-refractivity contribution in [1.29, 1.82) is 0 Å². The van der Waals surface area contributed by atoms with Gasteiger partial charge in [-0.25, -0.2) is 4.99 Å². The van der Waals surface area contributed by atoms with Crippen molar-refractivity contribution in [2.24, 2.45) is 12.0 Å². The summed E-state index contributed by atoms with van der Waals surface area (Å²) in [6.45, 7) is 8.39. The van der Waals surface area contributed by atoms with Crippen LogP contribution < -0.4 is 15.4 Å². The van der Waals surface area contributed by atoms with Crippen LogP contribution in [-0.2, 0) is 13.6 Å². The van der Waals surface area contributed by atoms with Gasteiger partial charge >= 0.3 is 0 Å². The third-order valence-corrected chi connectivity index (χ3v) is 4.46. The second kappa shape index (κ2) is 9.79. The van der Waals surface area contributed by atoms with Gasteiger partial charge in [0.1, 0.15) is 18.1 Å². The van der Waals surface area contributed by atoms with Gasteiger partial charge < -0.3 is 19.9 Å². The quantitative estimate of drug-likeness (QED) is 0.560. The molecule has 0 aliphatic carbocycles. The normalized spacial score (nSPS) is 12.7. The van der Waals surface area contributed by atoms with Gasteiger partial charge in [0.05, 0.1) is 7.11 Å². The Morgan fingerprint density at radius 3 is 2.54 bits per heavy atom. The average molecular weight is 358 g/mol. The molecule has 7 nitrogen and oxygen atoms in total. The fourth-order valence-electron chi connectivity index (χ4n) is 2.59. The van der Waals surface area contributed by atoms with Crippen molar-refractivity contribution in [3.05, 3.63) is 41.5 Å². The summed E-state index contributed by atoms with van der Waals surface area (Å²) in [6, 6.07) is 8.26. The third-order valence-electron chi connectivity index (χ3n) is 4.46. The van der Waals surface area contributed by atoms with Crippen LogP contribution in [0.5, 0.6) is 5.75 Å². The molecule has 2 rings (SSSR count). The summed E-state index contributed by atoms with van der Waals surface area (Å²) in [5, 5.41) is 14.9. The molecule has 1 atom stereocenters. The Hall–Kier alpha value is -2.57. The number of aryl methyl sites for hydroxylation is 1. The molecule has 0 spiro atoms. The van der Waals surface area contributed by atoms with Crippen LogP contribution in [0.2, 0.25) is 0 Å². The van der Waals surface area contributed by atoms with Gasteiger partial charge in [-0.2, -0.15) is 0 Å². The molecule has 26 heavy (non-hydrogen) atoms. The molecule has 1 aromatic heterocycles. The minimum atomic E-state index is 0.456. The van der Waals surface area contributed by atoms with E-state index in [0.29, 0.717) is 12.5 Å². The molecule has 142 valence electrons. The molecule has 1 unspecified atom stereocenters. The molecule has 1 heterocycles. The highest BCUT2D eigenvalue weighted by Gasteiger charge is 2.07.